The lowest BCUT2D eigenvalue weighted by atomic mass is 10.1. The summed E-state index contributed by atoms with van der Waals surface area (Å²) >= 11 is 2.23. The monoisotopic (exact) mass is 445 g/mol. The normalized spacial score (nSPS) is 11.2. The highest BCUT2D eigenvalue weighted by Gasteiger charge is 2.19. The van der Waals surface area contributed by atoms with Crippen molar-refractivity contribution in [3.05, 3.63) is 60.7 Å². The number of amides is 1. The van der Waals surface area contributed by atoms with Gasteiger partial charge >= 0.3 is 5.69 Å². The second-order valence-corrected chi connectivity index (χ2v) is 8.45. The highest BCUT2D eigenvalue weighted by Crippen LogP contribution is 2.26. The van der Waals surface area contributed by atoms with Crippen LogP contribution in [0.4, 0.5) is 9.52 Å². The molecule has 0 fully saturated rings. The van der Waals surface area contributed by atoms with Crippen LogP contribution in [0.2, 0.25) is 0 Å². The summed E-state index contributed by atoms with van der Waals surface area (Å²) in [7, 11) is 2.91. The third-order valence-corrected chi connectivity index (χ3v) is 6.28. The van der Waals surface area contributed by atoms with Crippen molar-refractivity contribution in [3.8, 4) is 11.3 Å². The van der Waals surface area contributed by atoms with Crippen molar-refractivity contribution in [2.24, 2.45) is 14.1 Å². The Morgan fingerprint density at radius 3 is 2.73 bits per heavy atom. The predicted molar refractivity (Wildman–Crippen MR) is 115 cm³/mol. The van der Waals surface area contributed by atoms with Crippen molar-refractivity contribution in [1.29, 1.82) is 0 Å². The molecule has 4 rings (SSSR count). The van der Waals surface area contributed by atoms with E-state index in [0.29, 0.717) is 26.8 Å². The van der Waals surface area contributed by atoms with Gasteiger partial charge < -0.3 is 5.32 Å². The summed E-state index contributed by atoms with van der Waals surface area (Å²) in [5.74, 6) is -0.688. The average Bonchev–Trinajstić information content (AvgIpc) is 3.34. The van der Waals surface area contributed by atoms with Crippen LogP contribution in [0.25, 0.3) is 22.3 Å². The molecule has 3 aromatic heterocycles. The minimum absolute atomic E-state index is 0.0807. The molecule has 154 valence electrons. The Balaban J connectivity index is 1.56. The zero-order valence-corrected chi connectivity index (χ0v) is 17.9. The van der Waals surface area contributed by atoms with E-state index in [2.05, 4.69) is 14.7 Å². The van der Waals surface area contributed by atoms with Crippen molar-refractivity contribution < 1.29 is 9.18 Å². The van der Waals surface area contributed by atoms with E-state index >= 15 is 0 Å². The lowest BCUT2D eigenvalue weighted by Gasteiger charge is -2.04. The Bertz CT molecular complexity index is 1420. The standard InChI is InChI=1S/C19H16FN5O3S2/c1-9-4-5-10(6-11(9)20)12-8-29-18(21-12)22-14(26)7-13-15-16(23-30-13)24(2)19(28)25(3)17(15)27/h4-6,8H,7H2,1-3H3,(H,21,22,26). The number of aromatic nitrogens is 4. The minimum Gasteiger partial charge on any atom is -0.302 e. The molecule has 0 bridgehead atoms. The van der Waals surface area contributed by atoms with E-state index in [1.54, 1.807) is 24.4 Å². The number of anilines is 1. The van der Waals surface area contributed by atoms with Crippen LogP contribution in [-0.2, 0) is 25.3 Å². The molecule has 0 unspecified atom stereocenters. The predicted octanol–water partition coefficient (Wildman–Crippen LogP) is 2.45. The fourth-order valence-electron chi connectivity index (χ4n) is 2.97. The number of carbonyl (C=O) groups is 1. The van der Waals surface area contributed by atoms with Crippen molar-refractivity contribution in [3.63, 3.8) is 0 Å². The maximum absolute atomic E-state index is 13.8. The number of aryl methyl sites for hydroxylation is 2. The van der Waals surface area contributed by atoms with Gasteiger partial charge in [0, 0.05) is 29.9 Å². The molecule has 0 radical (unpaired) electrons. The van der Waals surface area contributed by atoms with E-state index in [1.165, 1.54) is 36.1 Å². The zero-order valence-electron chi connectivity index (χ0n) is 16.2. The summed E-state index contributed by atoms with van der Waals surface area (Å²) in [5, 5.41) is 5.05. The van der Waals surface area contributed by atoms with Crippen LogP contribution in [0.1, 0.15) is 10.4 Å². The molecule has 0 aliphatic rings. The first-order chi connectivity index (χ1) is 14.3. The molecule has 0 atom stereocenters. The molecule has 0 saturated heterocycles. The number of hydrogen-bond donors (Lipinski definition) is 1. The molecular formula is C19H16FN5O3S2. The van der Waals surface area contributed by atoms with E-state index in [4.69, 9.17) is 0 Å². The van der Waals surface area contributed by atoms with Gasteiger partial charge in [-0.25, -0.2) is 14.2 Å². The number of nitrogens with one attached hydrogen (secondary N) is 1. The van der Waals surface area contributed by atoms with Crippen molar-refractivity contribution in [2.75, 3.05) is 5.32 Å². The molecular weight excluding hydrogens is 429 g/mol. The molecule has 1 aromatic carbocycles. The van der Waals surface area contributed by atoms with Crippen molar-refractivity contribution in [1.82, 2.24) is 18.5 Å². The van der Waals surface area contributed by atoms with Gasteiger partial charge in [-0.15, -0.1) is 11.3 Å². The Labute approximate surface area is 177 Å². The summed E-state index contributed by atoms with van der Waals surface area (Å²) in [6.45, 7) is 1.68. The molecule has 3 heterocycles. The van der Waals surface area contributed by atoms with Crippen LogP contribution in [0.5, 0.6) is 0 Å². The van der Waals surface area contributed by atoms with Gasteiger partial charge in [0.15, 0.2) is 10.8 Å². The molecule has 0 spiro atoms. The molecule has 8 nitrogen and oxygen atoms in total. The Morgan fingerprint density at radius 1 is 1.23 bits per heavy atom. The largest absolute Gasteiger partial charge is 0.332 e. The molecule has 0 aliphatic carbocycles. The third kappa shape index (κ3) is 3.46. The third-order valence-electron chi connectivity index (χ3n) is 4.69. The Morgan fingerprint density at radius 2 is 2.00 bits per heavy atom. The van der Waals surface area contributed by atoms with Gasteiger partial charge in [0.2, 0.25) is 5.91 Å². The molecule has 0 aliphatic heterocycles. The number of nitrogens with zero attached hydrogens (tertiary/aromatic N) is 4. The minimum atomic E-state index is -0.484. The van der Waals surface area contributed by atoms with Crippen LogP contribution in [0, 0.1) is 12.7 Å². The number of fused-ring (bicyclic) bond motifs is 1. The van der Waals surface area contributed by atoms with Crippen LogP contribution in [0.15, 0.2) is 33.2 Å². The first-order valence-corrected chi connectivity index (χ1v) is 10.5. The van der Waals surface area contributed by atoms with Crippen LogP contribution in [-0.4, -0.2) is 24.4 Å². The van der Waals surface area contributed by atoms with E-state index in [0.717, 1.165) is 16.1 Å². The highest BCUT2D eigenvalue weighted by molar-refractivity contribution is 7.14. The summed E-state index contributed by atoms with van der Waals surface area (Å²) in [6, 6.07) is 4.84. The Hall–Kier alpha value is -3.18. The van der Waals surface area contributed by atoms with Crippen molar-refractivity contribution >= 4 is 44.9 Å². The second-order valence-electron chi connectivity index (χ2n) is 6.74. The number of hydrogen-bond acceptors (Lipinski definition) is 7. The van der Waals surface area contributed by atoms with Crippen LogP contribution in [0.3, 0.4) is 0 Å². The summed E-state index contributed by atoms with van der Waals surface area (Å²) in [4.78, 5) is 41.8. The van der Waals surface area contributed by atoms with E-state index in [1.807, 2.05) is 0 Å². The van der Waals surface area contributed by atoms with Gasteiger partial charge in [-0.3, -0.25) is 18.7 Å². The smallest absolute Gasteiger partial charge is 0.302 e. The van der Waals surface area contributed by atoms with Crippen LogP contribution < -0.4 is 16.6 Å². The lowest BCUT2D eigenvalue weighted by molar-refractivity contribution is -0.115. The number of rotatable bonds is 4. The molecule has 4 aromatic rings. The zero-order chi connectivity index (χ0) is 21.6. The fraction of sp³-hybridized carbons (Fsp3) is 0.211. The number of benzene rings is 1. The van der Waals surface area contributed by atoms with Crippen molar-refractivity contribution in [2.45, 2.75) is 13.3 Å². The molecule has 0 saturated carbocycles. The van der Waals surface area contributed by atoms with Gasteiger partial charge in [0.05, 0.1) is 17.5 Å². The molecule has 1 N–H and O–H groups in total. The lowest BCUT2D eigenvalue weighted by Crippen LogP contribution is -2.37. The van der Waals surface area contributed by atoms with E-state index < -0.39 is 11.2 Å². The Kier molecular flexibility index (Phi) is 5.08. The van der Waals surface area contributed by atoms with Gasteiger partial charge in [0.1, 0.15) is 5.82 Å². The summed E-state index contributed by atoms with van der Waals surface area (Å²) in [5.41, 5.74) is 1.02. The maximum atomic E-state index is 13.8. The summed E-state index contributed by atoms with van der Waals surface area (Å²) in [6.07, 6.45) is -0.0807. The van der Waals surface area contributed by atoms with Gasteiger partial charge in [-0.1, -0.05) is 12.1 Å². The first-order valence-electron chi connectivity index (χ1n) is 8.82. The average molecular weight is 446 g/mol. The summed E-state index contributed by atoms with van der Waals surface area (Å²) < 4.78 is 20.2. The van der Waals surface area contributed by atoms with Crippen LogP contribution >= 0.6 is 22.9 Å². The SMILES string of the molecule is Cc1ccc(-c2csc(NC(=O)Cc3snc4c3c(=O)n(C)c(=O)n4C)n2)cc1F. The van der Waals surface area contributed by atoms with Gasteiger partial charge in [0.25, 0.3) is 5.56 Å². The highest BCUT2D eigenvalue weighted by atomic mass is 32.1. The number of halogens is 1. The van der Waals surface area contributed by atoms with E-state index in [-0.39, 0.29) is 29.2 Å². The molecule has 1 amide bonds. The topological polar surface area (TPSA) is 98.9 Å². The number of thiazole rings is 1. The quantitative estimate of drug-likeness (QED) is 0.520. The maximum Gasteiger partial charge on any atom is 0.332 e. The number of carbonyl (C=O) groups excluding carboxylic acids is 1. The fourth-order valence-corrected chi connectivity index (χ4v) is 4.59. The second kappa shape index (κ2) is 7.58. The molecule has 11 heteroatoms. The first kappa shape index (κ1) is 20.1. The van der Waals surface area contributed by atoms with Gasteiger partial charge in [-0.05, 0) is 30.1 Å². The van der Waals surface area contributed by atoms with E-state index in [9.17, 15) is 18.8 Å². The van der Waals surface area contributed by atoms with Gasteiger partial charge in [-0.2, -0.15) is 4.37 Å². The molecule has 30 heavy (non-hydrogen) atoms.